The molecule has 0 radical (unpaired) electrons. The van der Waals surface area contributed by atoms with E-state index in [2.05, 4.69) is 46.9 Å². The van der Waals surface area contributed by atoms with E-state index < -0.39 is 0 Å². The van der Waals surface area contributed by atoms with Crippen LogP contribution in [-0.4, -0.2) is 59.0 Å². The number of amides is 1. The van der Waals surface area contributed by atoms with Crippen LogP contribution in [0.5, 0.6) is 0 Å². The quantitative estimate of drug-likeness (QED) is 0.683. The molecule has 0 saturated carbocycles. The van der Waals surface area contributed by atoms with Gasteiger partial charge in [0.25, 0.3) is 5.91 Å². The highest BCUT2D eigenvalue weighted by molar-refractivity contribution is 6.07. The van der Waals surface area contributed by atoms with Gasteiger partial charge in [-0.1, -0.05) is 36.4 Å². The summed E-state index contributed by atoms with van der Waals surface area (Å²) in [5.74, 6) is 1.54. The Morgan fingerprint density at radius 3 is 2.86 bits per heavy atom. The van der Waals surface area contributed by atoms with Crippen LogP contribution in [0.3, 0.4) is 0 Å². The van der Waals surface area contributed by atoms with Crippen molar-refractivity contribution < 1.29 is 4.79 Å². The Balaban J connectivity index is 1.54. The molecule has 1 atom stereocenters. The lowest BCUT2D eigenvalue weighted by atomic mass is 9.95. The lowest BCUT2D eigenvalue weighted by Gasteiger charge is -2.33. The maximum atomic E-state index is 13.3. The van der Waals surface area contributed by atoms with E-state index in [1.807, 2.05) is 41.4 Å². The molecule has 5 nitrogen and oxygen atoms in total. The van der Waals surface area contributed by atoms with E-state index in [4.69, 9.17) is 0 Å². The summed E-state index contributed by atoms with van der Waals surface area (Å²) in [5.41, 5.74) is 0.801. The van der Waals surface area contributed by atoms with Crippen molar-refractivity contribution in [3.63, 3.8) is 0 Å². The molecule has 5 heteroatoms. The van der Waals surface area contributed by atoms with Crippen molar-refractivity contribution in [3.8, 4) is 0 Å². The fraction of sp³-hybridized carbons (Fsp3) is 0.391. The summed E-state index contributed by atoms with van der Waals surface area (Å²) >= 11 is 0. The van der Waals surface area contributed by atoms with Crippen LogP contribution in [0.2, 0.25) is 0 Å². The van der Waals surface area contributed by atoms with Gasteiger partial charge in [0.05, 0.1) is 0 Å². The third-order valence-corrected chi connectivity index (χ3v) is 5.63. The number of carbonyl (C=O) groups excluding carboxylic acids is 1. The average Bonchev–Trinajstić information content (AvgIpc) is 3.20. The van der Waals surface area contributed by atoms with Crippen LogP contribution in [0.15, 0.2) is 54.9 Å². The van der Waals surface area contributed by atoms with E-state index in [0.717, 1.165) is 61.2 Å². The fourth-order valence-corrected chi connectivity index (χ4v) is 4.13. The molecule has 0 bridgehead atoms. The summed E-state index contributed by atoms with van der Waals surface area (Å²) in [6, 6.07) is 14.1. The van der Waals surface area contributed by atoms with Gasteiger partial charge in [0.2, 0.25) is 0 Å². The van der Waals surface area contributed by atoms with E-state index in [9.17, 15) is 4.79 Å². The number of fused-ring (bicyclic) bond motifs is 1. The van der Waals surface area contributed by atoms with Crippen molar-refractivity contribution in [2.24, 2.45) is 0 Å². The zero-order valence-corrected chi connectivity index (χ0v) is 16.7. The van der Waals surface area contributed by atoms with Crippen LogP contribution < -0.4 is 0 Å². The summed E-state index contributed by atoms with van der Waals surface area (Å²) in [6.07, 6.45) is 6.04. The monoisotopic (exact) mass is 376 g/mol. The molecule has 2 aromatic carbocycles. The first-order valence-electron chi connectivity index (χ1n) is 10.1. The molecule has 4 rings (SSSR count). The van der Waals surface area contributed by atoms with Crippen LogP contribution in [-0.2, 0) is 6.54 Å². The van der Waals surface area contributed by atoms with Crippen LogP contribution in [0.25, 0.3) is 10.8 Å². The van der Waals surface area contributed by atoms with E-state index in [1.54, 1.807) is 0 Å². The number of hydrogen-bond donors (Lipinski definition) is 0. The van der Waals surface area contributed by atoms with Gasteiger partial charge in [-0.15, -0.1) is 0 Å². The molecule has 1 aromatic heterocycles. The zero-order chi connectivity index (χ0) is 19.5. The predicted molar refractivity (Wildman–Crippen MR) is 113 cm³/mol. The highest BCUT2D eigenvalue weighted by Crippen LogP contribution is 2.28. The molecule has 1 unspecified atom stereocenters. The van der Waals surface area contributed by atoms with Gasteiger partial charge in [-0.05, 0) is 43.8 Å². The smallest absolute Gasteiger partial charge is 0.254 e. The molecule has 0 aliphatic carbocycles. The third-order valence-electron chi connectivity index (χ3n) is 5.63. The van der Waals surface area contributed by atoms with Gasteiger partial charge in [0, 0.05) is 50.1 Å². The summed E-state index contributed by atoms with van der Waals surface area (Å²) < 4.78 is 2.25. The van der Waals surface area contributed by atoms with Gasteiger partial charge in [0.15, 0.2) is 0 Å². The lowest BCUT2D eigenvalue weighted by molar-refractivity contribution is 0.0705. The molecule has 1 saturated heterocycles. The molecule has 0 spiro atoms. The van der Waals surface area contributed by atoms with E-state index in [0.29, 0.717) is 5.92 Å². The molecular formula is C23H28N4O. The molecule has 146 valence electrons. The highest BCUT2D eigenvalue weighted by Gasteiger charge is 2.28. The van der Waals surface area contributed by atoms with Crippen LogP contribution >= 0.6 is 0 Å². The van der Waals surface area contributed by atoms with Crippen LogP contribution in [0.1, 0.15) is 34.9 Å². The zero-order valence-electron chi connectivity index (χ0n) is 16.7. The Morgan fingerprint density at radius 1 is 1.18 bits per heavy atom. The van der Waals surface area contributed by atoms with E-state index in [1.165, 1.54) is 0 Å². The Kier molecular flexibility index (Phi) is 5.44. The number of rotatable bonds is 5. The van der Waals surface area contributed by atoms with Crippen LogP contribution in [0.4, 0.5) is 0 Å². The number of carbonyl (C=O) groups is 1. The van der Waals surface area contributed by atoms with Gasteiger partial charge in [-0.2, -0.15) is 0 Å². The number of aromatic nitrogens is 2. The van der Waals surface area contributed by atoms with Gasteiger partial charge in [-0.3, -0.25) is 4.79 Å². The number of imidazole rings is 1. The first kappa shape index (κ1) is 18.7. The minimum atomic E-state index is 0.132. The number of nitrogens with zero attached hydrogens (tertiary/aromatic N) is 4. The predicted octanol–water partition coefficient (Wildman–Crippen LogP) is 3.62. The van der Waals surface area contributed by atoms with Crippen LogP contribution in [0, 0.1) is 0 Å². The molecule has 1 fully saturated rings. The van der Waals surface area contributed by atoms with Crippen molar-refractivity contribution in [2.45, 2.75) is 25.3 Å². The van der Waals surface area contributed by atoms with Gasteiger partial charge >= 0.3 is 0 Å². The Labute approximate surface area is 166 Å². The summed E-state index contributed by atoms with van der Waals surface area (Å²) in [6.45, 7) is 3.46. The number of hydrogen-bond acceptors (Lipinski definition) is 3. The highest BCUT2D eigenvalue weighted by atomic mass is 16.2. The number of likely N-dealkylation sites (tertiary alicyclic amines) is 1. The van der Waals surface area contributed by atoms with Gasteiger partial charge in [0.1, 0.15) is 5.82 Å². The maximum absolute atomic E-state index is 13.3. The molecule has 1 amide bonds. The molecule has 1 aliphatic heterocycles. The van der Waals surface area contributed by atoms with Crippen molar-refractivity contribution in [2.75, 3.05) is 33.7 Å². The van der Waals surface area contributed by atoms with Crippen molar-refractivity contribution in [1.29, 1.82) is 0 Å². The van der Waals surface area contributed by atoms with Gasteiger partial charge in [-0.25, -0.2) is 4.98 Å². The van der Waals surface area contributed by atoms with Gasteiger partial charge < -0.3 is 14.4 Å². The largest absolute Gasteiger partial charge is 0.338 e. The molecule has 2 heterocycles. The molecule has 1 aliphatic rings. The number of piperidine rings is 1. The minimum absolute atomic E-state index is 0.132. The van der Waals surface area contributed by atoms with Crippen molar-refractivity contribution >= 4 is 16.7 Å². The summed E-state index contributed by atoms with van der Waals surface area (Å²) in [5, 5.41) is 2.14. The van der Waals surface area contributed by atoms with Crippen molar-refractivity contribution in [1.82, 2.24) is 19.4 Å². The summed E-state index contributed by atoms with van der Waals surface area (Å²) in [7, 11) is 4.17. The lowest BCUT2D eigenvalue weighted by Crippen LogP contribution is -2.40. The Bertz CT molecular complexity index is 957. The number of benzene rings is 2. The topological polar surface area (TPSA) is 41.4 Å². The molecule has 28 heavy (non-hydrogen) atoms. The first-order chi connectivity index (χ1) is 13.6. The number of likely N-dealkylation sites (N-methyl/N-ethyl adjacent to an activating group) is 1. The first-order valence-corrected chi connectivity index (χ1v) is 10.1. The molecule has 0 N–H and O–H groups in total. The summed E-state index contributed by atoms with van der Waals surface area (Å²) in [4.78, 5) is 22.2. The van der Waals surface area contributed by atoms with Crippen molar-refractivity contribution in [3.05, 3.63) is 66.2 Å². The Morgan fingerprint density at radius 2 is 2.00 bits per heavy atom. The second-order valence-electron chi connectivity index (χ2n) is 7.90. The average molecular weight is 377 g/mol. The third kappa shape index (κ3) is 3.80. The molecule has 3 aromatic rings. The van der Waals surface area contributed by atoms with E-state index in [-0.39, 0.29) is 5.91 Å². The van der Waals surface area contributed by atoms with E-state index >= 15 is 0 Å². The maximum Gasteiger partial charge on any atom is 0.254 e. The molecular weight excluding hydrogens is 348 g/mol. The minimum Gasteiger partial charge on any atom is -0.338 e. The standard InChI is InChI=1S/C23H28N4O/c1-25(2)15-16-26-14-12-24-22(26)19-9-6-13-27(17-19)23(28)21-11-5-8-18-7-3-4-10-20(18)21/h3-5,7-8,10-12,14,19H,6,9,13,15-17H2,1-2H3. The second-order valence-corrected chi connectivity index (χ2v) is 7.90. The SMILES string of the molecule is CN(C)CCn1ccnc1C1CCCN(C(=O)c2cccc3ccccc23)C1. The second kappa shape index (κ2) is 8.15. The fourth-order valence-electron chi connectivity index (χ4n) is 4.13. The normalized spacial score (nSPS) is 17.4. The Hall–Kier alpha value is -2.66.